The van der Waals surface area contributed by atoms with Crippen molar-refractivity contribution in [3.63, 3.8) is 0 Å². The van der Waals surface area contributed by atoms with Gasteiger partial charge in [-0.1, -0.05) is 42.5 Å². The summed E-state index contributed by atoms with van der Waals surface area (Å²) in [5, 5.41) is 4.25. The first-order valence-electron chi connectivity index (χ1n) is 7.73. The normalized spacial score (nSPS) is 11.0. The minimum absolute atomic E-state index is 0.138. The molecule has 116 valence electrons. The molecule has 0 atom stereocenters. The van der Waals surface area contributed by atoms with Crippen LogP contribution in [0.2, 0.25) is 0 Å². The summed E-state index contributed by atoms with van der Waals surface area (Å²) in [6.45, 7) is 6.22. The third kappa shape index (κ3) is 4.58. The van der Waals surface area contributed by atoms with Crippen LogP contribution < -0.4 is 0 Å². The number of carbonyl (C=O) groups excluding carboxylic acids is 1. The molecular formula is C18H23N3O. The first-order chi connectivity index (χ1) is 10.7. The molecule has 0 radical (unpaired) electrons. The summed E-state index contributed by atoms with van der Waals surface area (Å²) < 4.78 is 1.88. The predicted octanol–water partition coefficient (Wildman–Crippen LogP) is 3.36. The Kier molecular flexibility index (Phi) is 5.95. The van der Waals surface area contributed by atoms with Crippen molar-refractivity contribution in [2.45, 2.75) is 33.4 Å². The van der Waals surface area contributed by atoms with Gasteiger partial charge in [0.15, 0.2) is 0 Å². The Morgan fingerprint density at radius 1 is 1.27 bits per heavy atom. The summed E-state index contributed by atoms with van der Waals surface area (Å²) in [5.74, 6) is 0.138. The van der Waals surface area contributed by atoms with E-state index in [0.717, 1.165) is 17.7 Å². The molecule has 0 unspecified atom stereocenters. The number of benzene rings is 1. The quantitative estimate of drug-likeness (QED) is 0.786. The molecule has 0 aliphatic carbocycles. The van der Waals surface area contributed by atoms with Crippen molar-refractivity contribution in [1.29, 1.82) is 0 Å². The van der Waals surface area contributed by atoms with Gasteiger partial charge in [-0.3, -0.25) is 9.48 Å². The number of rotatable bonds is 7. The molecule has 4 heteroatoms. The zero-order chi connectivity index (χ0) is 15.8. The highest BCUT2D eigenvalue weighted by Gasteiger charge is 2.11. The fourth-order valence-electron chi connectivity index (χ4n) is 2.25. The van der Waals surface area contributed by atoms with Gasteiger partial charge >= 0.3 is 0 Å². The van der Waals surface area contributed by atoms with Gasteiger partial charge in [-0.15, -0.1) is 0 Å². The number of nitrogens with zero attached hydrogens (tertiary/aromatic N) is 3. The van der Waals surface area contributed by atoms with E-state index in [2.05, 4.69) is 5.10 Å². The molecule has 1 aromatic carbocycles. The van der Waals surface area contributed by atoms with Gasteiger partial charge in [0.1, 0.15) is 0 Å². The summed E-state index contributed by atoms with van der Waals surface area (Å²) >= 11 is 0. The monoisotopic (exact) mass is 297 g/mol. The Bertz CT molecular complexity index is 616. The molecule has 0 fully saturated rings. The van der Waals surface area contributed by atoms with Gasteiger partial charge in [-0.25, -0.2) is 0 Å². The standard InChI is InChI=1S/C18H23N3O/c1-3-20(14-17-13-19-21(4-2)15-17)18(22)12-8-11-16-9-6-5-7-10-16/h5-11,13,15H,3-4,12,14H2,1-2H3. The molecule has 2 rings (SSSR count). The molecule has 2 aromatic rings. The molecule has 0 bridgehead atoms. The largest absolute Gasteiger partial charge is 0.338 e. The van der Waals surface area contributed by atoms with Crippen LogP contribution in [0.1, 0.15) is 31.4 Å². The van der Waals surface area contributed by atoms with Crippen molar-refractivity contribution < 1.29 is 4.79 Å². The van der Waals surface area contributed by atoms with E-state index in [1.807, 2.05) is 78.3 Å². The lowest BCUT2D eigenvalue weighted by Gasteiger charge is -2.19. The van der Waals surface area contributed by atoms with E-state index in [0.29, 0.717) is 19.5 Å². The number of aromatic nitrogens is 2. The number of carbonyl (C=O) groups is 1. The topological polar surface area (TPSA) is 38.1 Å². The highest BCUT2D eigenvalue weighted by molar-refractivity contribution is 5.78. The molecule has 0 aliphatic rings. The fraction of sp³-hybridized carbons (Fsp3) is 0.333. The third-order valence-corrected chi connectivity index (χ3v) is 3.52. The van der Waals surface area contributed by atoms with Gasteiger partial charge in [0.2, 0.25) is 5.91 Å². The second kappa shape index (κ2) is 8.17. The van der Waals surface area contributed by atoms with Gasteiger partial charge in [-0.2, -0.15) is 5.10 Å². The molecule has 1 heterocycles. The lowest BCUT2D eigenvalue weighted by Crippen LogP contribution is -2.29. The van der Waals surface area contributed by atoms with Crippen LogP contribution in [-0.4, -0.2) is 27.1 Å². The summed E-state index contributed by atoms with van der Waals surface area (Å²) in [6, 6.07) is 10.0. The van der Waals surface area contributed by atoms with Crippen LogP contribution in [0, 0.1) is 0 Å². The van der Waals surface area contributed by atoms with E-state index in [4.69, 9.17) is 0 Å². The van der Waals surface area contributed by atoms with Crippen molar-refractivity contribution in [3.05, 3.63) is 59.9 Å². The average Bonchev–Trinajstić information content (AvgIpc) is 3.01. The molecule has 0 saturated heterocycles. The summed E-state index contributed by atoms with van der Waals surface area (Å²) in [5.41, 5.74) is 2.19. The molecule has 0 aliphatic heterocycles. The molecule has 4 nitrogen and oxygen atoms in total. The summed E-state index contributed by atoms with van der Waals surface area (Å²) in [4.78, 5) is 14.1. The van der Waals surface area contributed by atoms with Crippen molar-refractivity contribution in [1.82, 2.24) is 14.7 Å². The van der Waals surface area contributed by atoms with Crippen molar-refractivity contribution in [2.75, 3.05) is 6.54 Å². The summed E-state index contributed by atoms with van der Waals surface area (Å²) in [7, 11) is 0. The Morgan fingerprint density at radius 3 is 2.68 bits per heavy atom. The van der Waals surface area contributed by atoms with E-state index < -0.39 is 0 Å². The third-order valence-electron chi connectivity index (χ3n) is 3.52. The lowest BCUT2D eigenvalue weighted by molar-refractivity contribution is -0.130. The molecule has 1 amide bonds. The zero-order valence-electron chi connectivity index (χ0n) is 13.3. The van der Waals surface area contributed by atoms with E-state index in [9.17, 15) is 4.79 Å². The van der Waals surface area contributed by atoms with Gasteiger partial charge in [0, 0.05) is 37.8 Å². The van der Waals surface area contributed by atoms with Crippen molar-refractivity contribution in [2.24, 2.45) is 0 Å². The van der Waals surface area contributed by atoms with Crippen LogP contribution in [0.15, 0.2) is 48.8 Å². The Morgan fingerprint density at radius 2 is 2.05 bits per heavy atom. The maximum atomic E-state index is 12.3. The summed E-state index contributed by atoms with van der Waals surface area (Å²) in [6.07, 6.45) is 8.16. The number of aryl methyl sites for hydroxylation is 1. The number of hydrogen-bond acceptors (Lipinski definition) is 2. The minimum Gasteiger partial charge on any atom is -0.338 e. The van der Waals surface area contributed by atoms with Gasteiger partial charge in [-0.05, 0) is 19.4 Å². The molecule has 1 aromatic heterocycles. The van der Waals surface area contributed by atoms with Crippen molar-refractivity contribution in [3.8, 4) is 0 Å². The Balaban J connectivity index is 1.90. The highest BCUT2D eigenvalue weighted by atomic mass is 16.2. The van der Waals surface area contributed by atoms with Crippen LogP contribution in [0.25, 0.3) is 6.08 Å². The van der Waals surface area contributed by atoms with E-state index >= 15 is 0 Å². The lowest BCUT2D eigenvalue weighted by atomic mass is 10.2. The van der Waals surface area contributed by atoms with Crippen LogP contribution in [0.4, 0.5) is 0 Å². The van der Waals surface area contributed by atoms with E-state index in [-0.39, 0.29) is 5.91 Å². The number of hydrogen-bond donors (Lipinski definition) is 0. The minimum atomic E-state index is 0.138. The molecule has 0 spiro atoms. The first-order valence-corrected chi connectivity index (χ1v) is 7.73. The predicted molar refractivity (Wildman–Crippen MR) is 89.1 cm³/mol. The fourth-order valence-corrected chi connectivity index (χ4v) is 2.25. The van der Waals surface area contributed by atoms with Crippen LogP contribution in [0.5, 0.6) is 0 Å². The first kappa shape index (κ1) is 16.0. The molecule has 0 N–H and O–H groups in total. The molecular weight excluding hydrogens is 274 g/mol. The SMILES string of the molecule is CCN(Cc1cnn(CC)c1)C(=O)CC=Cc1ccccc1. The highest BCUT2D eigenvalue weighted by Crippen LogP contribution is 2.07. The number of amides is 1. The van der Waals surface area contributed by atoms with Crippen LogP contribution in [0.3, 0.4) is 0 Å². The van der Waals surface area contributed by atoms with E-state index in [1.54, 1.807) is 0 Å². The maximum Gasteiger partial charge on any atom is 0.226 e. The smallest absolute Gasteiger partial charge is 0.226 e. The second-order valence-corrected chi connectivity index (χ2v) is 5.13. The van der Waals surface area contributed by atoms with Crippen LogP contribution >= 0.6 is 0 Å². The zero-order valence-corrected chi connectivity index (χ0v) is 13.3. The van der Waals surface area contributed by atoms with Gasteiger partial charge in [0.25, 0.3) is 0 Å². The van der Waals surface area contributed by atoms with Gasteiger partial charge in [0.05, 0.1) is 6.20 Å². The van der Waals surface area contributed by atoms with E-state index in [1.165, 1.54) is 0 Å². The van der Waals surface area contributed by atoms with Crippen molar-refractivity contribution >= 4 is 12.0 Å². The molecule has 0 saturated carbocycles. The van der Waals surface area contributed by atoms with Gasteiger partial charge < -0.3 is 4.90 Å². The molecule has 22 heavy (non-hydrogen) atoms. The van der Waals surface area contributed by atoms with Crippen LogP contribution in [-0.2, 0) is 17.9 Å². The Hall–Kier alpha value is -2.36. The average molecular weight is 297 g/mol. The maximum absolute atomic E-state index is 12.3. The second-order valence-electron chi connectivity index (χ2n) is 5.13. The Labute approximate surface area is 132 Å².